The maximum atomic E-state index is 12.0. The highest BCUT2D eigenvalue weighted by Crippen LogP contribution is 2.12. The Morgan fingerprint density at radius 1 is 1.00 bits per heavy atom. The number of aryl methyl sites for hydroxylation is 1. The van der Waals surface area contributed by atoms with Gasteiger partial charge in [-0.15, -0.1) is 0 Å². The molecule has 6 nitrogen and oxygen atoms in total. The Bertz CT molecular complexity index is 727. The number of phenols is 1. The minimum atomic E-state index is -0.224. The normalized spacial score (nSPS) is 11.5. The molecule has 2 aromatic carbocycles. The van der Waals surface area contributed by atoms with Crippen LogP contribution in [0.3, 0.4) is 0 Å². The van der Waals surface area contributed by atoms with Crippen molar-refractivity contribution in [3.8, 4) is 5.75 Å². The zero-order valence-corrected chi connectivity index (χ0v) is 15.1. The molecule has 1 atom stereocenters. The van der Waals surface area contributed by atoms with Crippen molar-refractivity contribution >= 4 is 11.9 Å². The Morgan fingerprint density at radius 3 is 2.23 bits per heavy atom. The van der Waals surface area contributed by atoms with E-state index < -0.39 is 0 Å². The van der Waals surface area contributed by atoms with Crippen LogP contribution in [0.15, 0.2) is 48.5 Å². The van der Waals surface area contributed by atoms with Gasteiger partial charge < -0.3 is 21.1 Å². The standard InChI is InChI=1S/C20H25N3O3/c1-14(3-4-15-7-11-18(24)12-8-15)23-20(26)22-13-16-5-9-17(10-6-16)19(25)21-2/h5-12,14,24H,3-4,13H2,1-2H3,(H,21,25)(H2,22,23,26). The molecule has 3 amide bonds. The van der Waals surface area contributed by atoms with Crippen molar-refractivity contribution in [3.05, 3.63) is 65.2 Å². The summed E-state index contributed by atoms with van der Waals surface area (Å²) in [6.07, 6.45) is 1.63. The molecule has 0 heterocycles. The summed E-state index contributed by atoms with van der Waals surface area (Å²) in [5.74, 6) is 0.118. The van der Waals surface area contributed by atoms with Gasteiger partial charge in [-0.3, -0.25) is 4.79 Å². The second kappa shape index (κ2) is 9.46. The van der Waals surface area contributed by atoms with Crippen LogP contribution >= 0.6 is 0 Å². The van der Waals surface area contributed by atoms with Gasteiger partial charge in [0.05, 0.1) is 0 Å². The topological polar surface area (TPSA) is 90.5 Å². The Kier molecular flexibility index (Phi) is 7.02. The van der Waals surface area contributed by atoms with E-state index in [1.165, 1.54) is 0 Å². The molecule has 1 unspecified atom stereocenters. The molecule has 0 aliphatic carbocycles. The van der Waals surface area contributed by atoms with Gasteiger partial charge in [0.2, 0.25) is 0 Å². The van der Waals surface area contributed by atoms with Crippen LogP contribution in [-0.4, -0.2) is 30.1 Å². The van der Waals surface area contributed by atoms with E-state index >= 15 is 0 Å². The number of aromatic hydroxyl groups is 1. The monoisotopic (exact) mass is 355 g/mol. The van der Waals surface area contributed by atoms with E-state index in [1.54, 1.807) is 31.3 Å². The number of amides is 3. The van der Waals surface area contributed by atoms with Gasteiger partial charge in [0, 0.05) is 25.2 Å². The number of urea groups is 1. The Labute approximate surface area is 153 Å². The lowest BCUT2D eigenvalue weighted by Crippen LogP contribution is -2.40. The fourth-order valence-corrected chi connectivity index (χ4v) is 2.49. The quantitative estimate of drug-likeness (QED) is 0.615. The van der Waals surface area contributed by atoms with Crippen LogP contribution < -0.4 is 16.0 Å². The molecule has 6 heteroatoms. The molecule has 0 saturated carbocycles. The average molecular weight is 355 g/mol. The average Bonchev–Trinajstić information content (AvgIpc) is 2.65. The second-order valence-electron chi connectivity index (χ2n) is 6.21. The number of nitrogens with one attached hydrogen (secondary N) is 3. The molecule has 0 radical (unpaired) electrons. The predicted octanol–water partition coefficient (Wildman–Crippen LogP) is 2.57. The summed E-state index contributed by atoms with van der Waals surface area (Å²) >= 11 is 0. The summed E-state index contributed by atoms with van der Waals surface area (Å²) in [7, 11) is 1.59. The molecule has 0 spiro atoms. The molecule has 0 saturated heterocycles. The number of phenolic OH excluding ortho intramolecular Hbond substituents is 1. The number of carbonyl (C=O) groups is 2. The summed E-state index contributed by atoms with van der Waals surface area (Å²) < 4.78 is 0. The van der Waals surface area contributed by atoms with Crippen LogP contribution in [0.1, 0.15) is 34.8 Å². The Hall–Kier alpha value is -3.02. The molecule has 4 N–H and O–H groups in total. The predicted molar refractivity (Wildman–Crippen MR) is 101 cm³/mol. The fourth-order valence-electron chi connectivity index (χ4n) is 2.49. The minimum Gasteiger partial charge on any atom is -0.508 e. The van der Waals surface area contributed by atoms with E-state index in [9.17, 15) is 14.7 Å². The molecule has 0 fully saturated rings. The summed E-state index contributed by atoms with van der Waals surface area (Å²) in [6.45, 7) is 2.35. The largest absolute Gasteiger partial charge is 0.508 e. The van der Waals surface area contributed by atoms with Gasteiger partial charge in [-0.05, 0) is 55.2 Å². The highest BCUT2D eigenvalue weighted by atomic mass is 16.3. The summed E-state index contributed by atoms with van der Waals surface area (Å²) in [4.78, 5) is 23.5. The zero-order valence-electron chi connectivity index (χ0n) is 15.1. The van der Waals surface area contributed by atoms with Crippen molar-refractivity contribution in [2.24, 2.45) is 0 Å². The lowest BCUT2D eigenvalue weighted by atomic mass is 10.1. The highest BCUT2D eigenvalue weighted by molar-refractivity contribution is 5.93. The first-order valence-electron chi connectivity index (χ1n) is 8.61. The Morgan fingerprint density at radius 2 is 1.62 bits per heavy atom. The zero-order chi connectivity index (χ0) is 18.9. The van der Waals surface area contributed by atoms with Crippen molar-refractivity contribution in [2.75, 3.05) is 7.05 Å². The van der Waals surface area contributed by atoms with Gasteiger partial charge >= 0.3 is 6.03 Å². The van der Waals surface area contributed by atoms with Gasteiger partial charge in [-0.1, -0.05) is 24.3 Å². The number of benzene rings is 2. The van der Waals surface area contributed by atoms with Crippen molar-refractivity contribution in [2.45, 2.75) is 32.4 Å². The molecule has 26 heavy (non-hydrogen) atoms. The van der Waals surface area contributed by atoms with Crippen LogP contribution in [0.5, 0.6) is 5.75 Å². The van der Waals surface area contributed by atoms with Crippen molar-refractivity contribution in [1.82, 2.24) is 16.0 Å². The van der Waals surface area contributed by atoms with Gasteiger partial charge in [0.15, 0.2) is 0 Å². The van der Waals surface area contributed by atoms with Gasteiger partial charge in [-0.25, -0.2) is 4.79 Å². The molecule has 2 aromatic rings. The van der Waals surface area contributed by atoms with Crippen LogP contribution in [0.25, 0.3) is 0 Å². The number of rotatable bonds is 7. The third-order valence-corrected chi connectivity index (χ3v) is 4.08. The van der Waals surface area contributed by atoms with E-state index in [0.717, 1.165) is 24.0 Å². The summed E-state index contributed by atoms with van der Waals surface area (Å²) in [5, 5.41) is 17.6. The first-order chi connectivity index (χ1) is 12.5. The van der Waals surface area contributed by atoms with E-state index in [1.807, 2.05) is 31.2 Å². The second-order valence-corrected chi connectivity index (χ2v) is 6.21. The number of carbonyl (C=O) groups excluding carboxylic acids is 2. The van der Waals surface area contributed by atoms with Crippen molar-refractivity contribution in [1.29, 1.82) is 0 Å². The van der Waals surface area contributed by atoms with E-state index in [0.29, 0.717) is 12.1 Å². The van der Waals surface area contributed by atoms with Crippen LogP contribution in [-0.2, 0) is 13.0 Å². The van der Waals surface area contributed by atoms with Gasteiger partial charge in [0.25, 0.3) is 5.91 Å². The number of hydrogen-bond acceptors (Lipinski definition) is 3. The molecular formula is C20H25N3O3. The molecule has 0 aliphatic rings. The Balaban J connectivity index is 1.72. The minimum absolute atomic E-state index is 0.0272. The van der Waals surface area contributed by atoms with Gasteiger partial charge in [0.1, 0.15) is 5.75 Å². The molecule has 0 aromatic heterocycles. The number of hydrogen-bond donors (Lipinski definition) is 4. The summed E-state index contributed by atoms with van der Waals surface area (Å²) in [6, 6.07) is 14.0. The van der Waals surface area contributed by atoms with Crippen LogP contribution in [0, 0.1) is 0 Å². The highest BCUT2D eigenvalue weighted by Gasteiger charge is 2.08. The third kappa shape index (κ3) is 6.12. The molecule has 138 valence electrons. The van der Waals surface area contributed by atoms with Crippen molar-refractivity contribution < 1.29 is 14.7 Å². The van der Waals surface area contributed by atoms with Crippen molar-refractivity contribution in [3.63, 3.8) is 0 Å². The molecular weight excluding hydrogens is 330 g/mol. The van der Waals surface area contributed by atoms with E-state index in [4.69, 9.17) is 0 Å². The van der Waals surface area contributed by atoms with Crippen LogP contribution in [0.4, 0.5) is 4.79 Å². The van der Waals surface area contributed by atoms with E-state index in [-0.39, 0.29) is 23.7 Å². The van der Waals surface area contributed by atoms with Crippen LogP contribution in [0.2, 0.25) is 0 Å². The molecule has 2 rings (SSSR count). The fraction of sp³-hybridized carbons (Fsp3) is 0.300. The molecule has 0 aliphatic heterocycles. The smallest absolute Gasteiger partial charge is 0.315 e. The first kappa shape index (κ1) is 19.3. The lowest BCUT2D eigenvalue weighted by molar-refractivity contribution is 0.0963. The summed E-state index contributed by atoms with van der Waals surface area (Å²) in [5.41, 5.74) is 2.63. The maximum Gasteiger partial charge on any atom is 0.315 e. The van der Waals surface area contributed by atoms with E-state index in [2.05, 4.69) is 16.0 Å². The lowest BCUT2D eigenvalue weighted by Gasteiger charge is -2.15. The SMILES string of the molecule is CNC(=O)c1ccc(CNC(=O)NC(C)CCc2ccc(O)cc2)cc1. The maximum absolute atomic E-state index is 12.0. The third-order valence-electron chi connectivity index (χ3n) is 4.08. The van der Waals surface area contributed by atoms with Gasteiger partial charge in [-0.2, -0.15) is 0 Å². The molecule has 0 bridgehead atoms. The first-order valence-corrected chi connectivity index (χ1v) is 8.61.